The van der Waals surface area contributed by atoms with Gasteiger partial charge in [-0.05, 0) is 44.0 Å². The molecule has 0 bridgehead atoms. The number of hydrogen-bond acceptors (Lipinski definition) is 4. The largest absolute Gasteiger partial charge is 0.478 e. The average Bonchev–Trinajstić information content (AvgIpc) is 2.53. The second-order valence-electron chi connectivity index (χ2n) is 5.80. The smallest absolute Gasteiger partial charge is 0.335 e. The summed E-state index contributed by atoms with van der Waals surface area (Å²) < 4.78 is 5.77. The van der Waals surface area contributed by atoms with Crippen LogP contribution in [0.3, 0.4) is 0 Å². The van der Waals surface area contributed by atoms with Crippen molar-refractivity contribution in [2.24, 2.45) is 0 Å². The summed E-state index contributed by atoms with van der Waals surface area (Å²) in [5, 5.41) is 11.7. The molecule has 1 amide bonds. The molecule has 126 valence electrons. The number of nitrogens with zero attached hydrogens (tertiary/aromatic N) is 1. The zero-order valence-corrected chi connectivity index (χ0v) is 13.5. The molecule has 1 fully saturated rings. The van der Waals surface area contributed by atoms with E-state index in [1.807, 2.05) is 0 Å². The van der Waals surface area contributed by atoms with E-state index in [9.17, 15) is 9.59 Å². The van der Waals surface area contributed by atoms with Gasteiger partial charge in [-0.1, -0.05) is 13.0 Å². The number of carboxylic acids is 1. The fourth-order valence-electron chi connectivity index (χ4n) is 2.71. The van der Waals surface area contributed by atoms with Crippen molar-refractivity contribution in [1.29, 1.82) is 0 Å². The summed E-state index contributed by atoms with van der Waals surface area (Å²) in [6.45, 7) is 4.78. The molecule has 6 heteroatoms. The lowest BCUT2D eigenvalue weighted by Crippen LogP contribution is -2.43. The Kier molecular flexibility index (Phi) is 6.55. The Labute approximate surface area is 136 Å². The van der Waals surface area contributed by atoms with Gasteiger partial charge in [0.2, 0.25) is 5.91 Å². The Morgan fingerprint density at radius 3 is 3.00 bits per heavy atom. The number of nitrogens with one attached hydrogen (secondary N) is 1. The minimum Gasteiger partial charge on any atom is -0.478 e. The van der Waals surface area contributed by atoms with Crippen LogP contribution in [0.15, 0.2) is 24.3 Å². The quantitative estimate of drug-likeness (QED) is 0.805. The number of hydrogen-bond donors (Lipinski definition) is 2. The van der Waals surface area contributed by atoms with Crippen LogP contribution < -0.4 is 5.32 Å². The maximum atomic E-state index is 12.1. The van der Waals surface area contributed by atoms with E-state index in [-0.39, 0.29) is 17.6 Å². The zero-order chi connectivity index (χ0) is 16.7. The number of aromatic carboxylic acids is 1. The van der Waals surface area contributed by atoms with Crippen LogP contribution in [0.2, 0.25) is 0 Å². The van der Waals surface area contributed by atoms with Crippen LogP contribution in [0.25, 0.3) is 0 Å². The molecule has 1 aliphatic rings. The van der Waals surface area contributed by atoms with Gasteiger partial charge in [-0.3, -0.25) is 9.69 Å². The highest BCUT2D eigenvalue weighted by molar-refractivity contribution is 5.94. The van der Waals surface area contributed by atoms with Gasteiger partial charge in [0.05, 0.1) is 18.2 Å². The van der Waals surface area contributed by atoms with E-state index in [2.05, 4.69) is 17.1 Å². The molecule has 0 saturated carbocycles. The van der Waals surface area contributed by atoms with E-state index < -0.39 is 5.97 Å². The van der Waals surface area contributed by atoms with Gasteiger partial charge >= 0.3 is 5.97 Å². The number of rotatable bonds is 7. The maximum absolute atomic E-state index is 12.1. The van der Waals surface area contributed by atoms with Crippen LogP contribution >= 0.6 is 0 Å². The maximum Gasteiger partial charge on any atom is 0.335 e. The lowest BCUT2D eigenvalue weighted by Gasteiger charge is -2.32. The van der Waals surface area contributed by atoms with Crippen LogP contribution in [0.4, 0.5) is 5.69 Å². The van der Waals surface area contributed by atoms with Crippen molar-refractivity contribution in [3.63, 3.8) is 0 Å². The van der Waals surface area contributed by atoms with Crippen molar-refractivity contribution >= 4 is 17.6 Å². The van der Waals surface area contributed by atoms with Crippen LogP contribution in [-0.2, 0) is 9.53 Å². The van der Waals surface area contributed by atoms with Gasteiger partial charge in [0, 0.05) is 18.8 Å². The number of benzene rings is 1. The Bertz CT molecular complexity index is 547. The first-order valence-electron chi connectivity index (χ1n) is 8.05. The summed E-state index contributed by atoms with van der Waals surface area (Å²) >= 11 is 0. The number of anilines is 1. The second kappa shape index (κ2) is 8.64. The highest BCUT2D eigenvalue weighted by Gasteiger charge is 2.22. The Morgan fingerprint density at radius 1 is 1.43 bits per heavy atom. The highest BCUT2D eigenvalue weighted by atomic mass is 16.5. The number of ether oxygens (including phenoxy) is 1. The lowest BCUT2D eigenvalue weighted by molar-refractivity contribution is -0.118. The summed E-state index contributed by atoms with van der Waals surface area (Å²) in [5.74, 6) is -1.14. The Balaban J connectivity index is 1.84. The standard InChI is InChI=1S/C17H24N2O4/c1-2-9-23-15-7-4-8-19(11-15)12-16(20)18-14-6-3-5-13(10-14)17(21)22/h3,5-6,10,15H,2,4,7-9,11-12H2,1H3,(H,18,20)(H,21,22). The minimum absolute atomic E-state index is 0.135. The molecule has 1 atom stereocenters. The van der Waals surface area contributed by atoms with Gasteiger partial charge < -0.3 is 15.2 Å². The van der Waals surface area contributed by atoms with Crippen LogP contribution in [0, 0.1) is 0 Å². The lowest BCUT2D eigenvalue weighted by atomic mass is 10.1. The molecule has 1 heterocycles. The van der Waals surface area contributed by atoms with E-state index in [1.54, 1.807) is 12.1 Å². The van der Waals surface area contributed by atoms with E-state index in [4.69, 9.17) is 9.84 Å². The predicted molar refractivity (Wildman–Crippen MR) is 87.7 cm³/mol. The Morgan fingerprint density at radius 2 is 2.26 bits per heavy atom. The average molecular weight is 320 g/mol. The molecule has 0 aromatic heterocycles. The van der Waals surface area contributed by atoms with Crippen LogP contribution in [-0.4, -0.2) is 54.2 Å². The van der Waals surface area contributed by atoms with Gasteiger partial charge in [0.15, 0.2) is 0 Å². The molecule has 23 heavy (non-hydrogen) atoms. The number of carbonyl (C=O) groups is 2. The molecule has 0 radical (unpaired) electrons. The molecule has 1 unspecified atom stereocenters. The van der Waals surface area contributed by atoms with E-state index in [0.717, 1.165) is 39.0 Å². The first-order valence-corrected chi connectivity index (χ1v) is 8.05. The van der Waals surface area contributed by atoms with Gasteiger partial charge in [0.25, 0.3) is 0 Å². The summed E-state index contributed by atoms with van der Waals surface area (Å²) in [6.07, 6.45) is 3.26. The second-order valence-corrected chi connectivity index (χ2v) is 5.80. The van der Waals surface area contributed by atoms with Gasteiger partial charge in [-0.25, -0.2) is 4.79 Å². The topological polar surface area (TPSA) is 78.9 Å². The molecule has 0 aliphatic carbocycles. The summed E-state index contributed by atoms with van der Waals surface area (Å²) in [5.41, 5.74) is 0.666. The first kappa shape index (κ1) is 17.4. The van der Waals surface area contributed by atoms with E-state index in [0.29, 0.717) is 12.2 Å². The molecule has 1 aliphatic heterocycles. The normalized spacial score (nSPS) is 18.6. The van der Waals surface area contributed by atoms with Crippen LogP contribution in [0.1, 0.15) is 36.5 Å². The summed E-state index contributed by atoms with van der Waals surface area (Å²) in [7, 11) is 0. The van der Waals surface area contributed by atoms with Crippen molar-refractivity contribution < 1.29 is 19.4 Å². The molecular weight excluding hydrogens is 296 g/mol. The molecule has 0 spiro atoms. The monoisotopic (exact) mass is 320 g/mol. The SMILES string of the molecule is CCCOC1CCCN(CC(=O)Nc2cccc(C(=O)O)c2)C1. The fourth-order valence-corrected chi connectivity index (χ4v) is 2.71. The van der Waals surface area contributed by atoms with Gasteiger partial charge in [-0.15, -0.1) is 0 Å². The van der Waals surface area contributed by atoms with Gasteiger partial charge in [-0.2, -0.15) is 0 Å². The molecule has 1 aromatic carbocycles. The first-order chi connectivity index (χ1) is 11.1. The molecule has 1 saturated heterocycles. The third-order valence-corrected chi connectivity index (χ3v) is 3.78. The van der Waals surface area contributed by atoms with Crippen molar-refractivity contribution in [2.75, 3.05) is 31.6 Å². The highest BCUT2D eigenvalue weighted by Crippen LogP contribution is 2.14. The third-order valence-electron chi connectivity index (χ3n) is 3.78. The van der Waals surface area contributed by atoms with Crippen molar-refractivity contribution in [3.8, 4) is 0 Å². The number of likely N-dealkylation sites (tertiary alicyclic amines) is 1. The molecule has 1 aromatic rings. The fraction of sp³-hybridized carbons (Fsp3) is 0.529. The molecule has 2 rings (SSSR count). The minimum atomic E-state index is -1.01. The van der Waals surface area contributed by atoms with E-state index >= 15 is 0 Å². The zero-order valence-electron chi connectivity index (χ0n) is 13.5. The van der Waals surface area contributed by atoms with Crippen molar-refractivity contribution in [2.45, 2.75) is 32.3 Å². The summed E-state index contributed by atoms with van der Waals surface area (Å²) in [4.78, 5) is 25.2. The Hall–Kier alpha value is -1.92. The molecule has 6 nitrogen and oxygen atoms in total. The number of carboxylic acid groups (broad SMARTS) is 1. The molecular formula is C17H24N2O4. The third kappa shape index (κ3) is 5.65. The van der Waals surface area contributed by atoms with E-state index in [1.165, 1.54) is 12.1 Å². The van der Waals surface area contributed by atoms with Crippen molar-refractivity contribution in [1.82, 2.24) is 4.90 Å². The number of carbonyl (C=O) groups excluding carboxylic acids is 1. The number of amides is 1. The number of piperidine rings is 1. The van der Waals surface area contributed by atoms with Crippen molar-refractivity contribution in [3.05, 3.63) is 29.8 Å². The van der Waals surface area contributed by atoms with Crippen LogP contribution in [0.5, 0.6) is 0 Å². The van der Waals surface area contributed by atoms with Gasteiger partial charge in [0.1, 0.15) is 0 Å². The predicted octanol–water partition coefficient (Wildman–Crippen LogP) is 2.21. The molecule has 2 N–H and O–H groups in total. The summed E-state index contributed by atoms with van der Waals surface area (Å²) in [6, 6.07) is 6.27.